The van der Waals surface area contributed by atoms with Crippen molar-refractivity contribution in [1.82, 2.24) is 9.97 Å². The molecular formula is C10H8N2O2S. The van der Waals surface area contributed by atoms with Crippen molar-refractivity contribution in [2.24, 2.45) is 0 Å². The van der Waals surface area contributed by atoms with Crippen molar-refractivity contribution >= 4 is 17.3 Å². The van der Waals surface area contributed by atoms with Crippen molar-refractivity contribution in [1.29, 1.82) is 0 Å². The third-order valence-corrected chi connectivity index (χ3v) is 2.90. The van der Waals surface area contributed by atoms with Crippen LogP contribution in [0.25, 0.3) is 10.7 Å². The Morgan fingerprint density at radius 1 is 1.40 bits per heavy atom. The van der Waals surface area contributed by atoms with Crippen LogP contribution in [0.15, 0.2) is 24.4 Å². The number of hydrogen-bond acceptors (Lipinski definition) is 4. The number of carboxylic acid groups (broad SMARTS) is 1. The van der Waals surface area contributed by atoms with Crippen molar-refractivity contribution in [2.45, 2.75) is 6.92 Å². The van der Waals surface area contributed by atoms with Crippen molar-refractivity contribution < 1.29 is 9.90 Å². The van der Waals surface area contributed by atoms with Gasteiger partial charge in [-0.1, -0.05) is 0 Å². The molecule has 0 aliphatic heterocycles. The van der Waals surface area contributed by atoms with Crippen molar-refractivity contribution in [3.8, 4) is 10.7 Å². The van der Waals surface area contributed by atoms with Gasteiger partial charge in [0.15, 0.2) is 5.82 Å². The molecule has 2 aromatic rings. The highest BCUT2D eigenvalue weighted by molar-refractivity contribution is 7.17. The number of aromatic carboxylic acids is 1. The second kappa shape index (κ2) is 3.78. The topological polar surface area (TPSA) is 63.1 Å². The fourth-order valence-corrected chi connectivity index (χ4v) is 1.93. The Labute approximate surface area is 90.3 Å². The molecule has 15 heavy (non-hydrogen) atoms. The zero-order valence-electron chi connectivity index (χ0n) is 7.97. The maximum absolute atomic E-state index is 10.7. The van der Waals surface area contributed by atoms with Gasteiger partial charge in [-0.15, -0.1) is 11.3 Å². The Balaban J connectivity index is 2.41. The largest absolute Gasteiger partial charge is 0.477 e. The molecule has 0 aliphatic carbocycles. The summed E-state index contributed by atoms with van der Waals surface area (Å²) in [5.74, 6) is -0.341. The van der Waals surface area contributed by atoms with Crippen LogP contribution in [0, 0.1) is 6.92 Å². The zero-order valence-corrected chi connectivity index (χ0v) is 8.78. The summed E-state index contributed by atoms with van der Waals surface area (Å²) in [6, 6.07) is 5.09. The molecule has 0 spiro atoms. The molecule has 2 heterocycles. The number of hydrogen-bond donors (Lipinski definition) is 1. The smallest absolute Gasteiger partial charge is 0.345 e. The van der Waals surface area contributed by atoms with E-state index in [1.165, 1.54) is 11.3 Å². The van der Waals surface area contributed by atoms with Gasteiger partial charge in [-0.25, -0.2) is 14.8 Å². The molecule has 1 N–H and O–H groups in total. The van der Waals surface area contributed by atoms with Gasteiger partial charge in [0.1, 0.15) is 4.88 Å². The minimum Gasteiger partial charge on any atom is -0.477 e. The van der Waals surface area contributed by atoms with Crippen molar-refractivity contribution in [3.63, 3.8) is 0 Å². The first kappa shape index (κ1) is 9.79. The number of thiophene rings is 1. The highest BCUT2D eigenvalue weighted by Gasteiger charge is 2.09. The predicted octanol–water partition coefficient (Wildman–Crippen LogP) is 2.21. The fourth-order valence-electron chi connectivity index (χ4n) is 1.14. The van der Waals surface area contributed by atoms with Crippen LogP contribution in [-0.2, 0) is 0 Å². The second-order valence-electron chi connectivity index (χ2n) is 2.99. The van der Waals surface area contributed by atoms with Crippen LogP contribution in [0.2, 0.25) is 0 Å². The number of carbonyl (C=O) groups is 1. The van der Waals surface area contributed by atoms with E-state index in [1.54, 1.807) is 24.4 Å². The van der Waals surface area contributed by atoms with Crippen LogP contribution in [0.3, 0.4) is 0 Å². The summed E-state index contributed by atoms with van der Waals surface area (Å²) in [4.78, 5) is 20.1. The maximum Gasteiger partial charge on any atom is 0.345 e. The summed E-state index contributed by atoms with van der Waals surface area (Å²) >= 11 is 1.18. The first-order valence-corrected chi connectivity index (χ1v) is 5.11. The van der Waals surface area contributed by atoms with Gasteiger partial charge >= 0.3 is 5.97 Å². The summed E-state index contributed by atoms with van der Waals surface area (Å²) in [6.45, 7) is 1.87. The molecule has 0 bridgehead atoms. The minimum atomic E-state index is -0.918. The van der Waals surface area contributed by atoms with E-state index in [1.807, 2.05) is 6.92 Å². The number of nitrogens with zero attached hydrogens (tertiary/aromatic N) is 2. The van der Waals surface area contributed by atoms with E-state index in [4.69, 9.17) is 5.11 Å². The Morgan fingerprint density at radius 2 is 2.20 bits per heavy atom. The van der Waals surface area contributed by atoms with E-state index in [-0.39, 0.29) is 0 Å². The van der Waals surface area contributed by atoms with Crippen LogP contribution in [-0.4, -0.2) is 21.0 Å². The summed E-state index contributed by atoms with van der Waals surface area (Å²) in [5, 5.41) is 8.77. The van der Waals surface area contributed by atoms with Crippen LogP contribution in [0.1, 0.15) is 15.4 Å². The van der Waals surface area contributed by atoms with Gasteiger partial charge in [0.25, 0.3) is 0 Å². The Hall–Kier alpha value is -1.75. The Morgan fingerprint density at radius 3 is 2.80 bits per heavy atom. The number of aryl methyl sites for hydroxylation is 1. The van der Waals surface area contributed by atoms with Gasteiger partial charge in [-0.3, -0.25) is 0 Å². The molecule has 0 saturated heterocycles. The monoisotopic (exact) mass is 220 g/mol. The average Bonchev–Trinajstić information content (AvgIpc) is 2.66. The summed E-state index contributed by atoms with van der Waals surface area (Å²) in [7, 11) is 0. The third kappa shape index (κ3) is 2.02. The van der Waals surface area contributed by atoms with E-state index in [0.717, 1.165) is 10.6 Å². The van der Waals surface area contributed by atoms with Gasteiger partial charge in [0.2, 0.25) is 0 Å². The number of rotatable bonds is 2. The van der Waals surface area contributed by atoms with E-state index in [0.29, 0.717) is 10.7 Å². The molecule has 0 fully saturated rings. The standard InChI is InChI=1S/C10H8N2O2S/c1-6-4-5-11-9(12-6)7-2-3-8(15-7)10(13)14/h2-5H,1H3,(H,13,14). The summed E-state index contributed by atoms with van der Waals surface area (Å²) < 4.78 is 0. The lowest BCUT2D eigenvalue weighted by Gasteiger charge is -1.95. The molecule has 2 aromatic heterocycles. The van der Waals surface area contributed by atoms with Crippen molar-refractivity contribution in [2.75, 3.05) is 0 Å². The second-order valence-corrected chi connectivity index (χ2v) is 4.07. The molecule has 0 amide bonds. The zero-order chi connectivity index (χ0) is 10.8. The third-order valence-electron chi connectivity index (χ3n) is 1.83. The molecular weight excluding hydrogens is 212 g/mol. The van der Waals surface area contributed by atoms with Gasteiger partial charge in [0.05, 0.1) is 4.88 Å². The highest BCUT2D eigenvalue weighted by Crippen LogP contribution is 2.24. The maximum atomic E-state index is 10.7. The molecule has 0 atom stereocenters. The minimum absolute atomic E-state index is 0.301. The molecule has 5 heteroatoms. The molecule has 0 saturated carbocycles. The molecule has 0 aliphatic rings. The number of carboxylic acids is 1. The van der Waals surface area contributed by atoms with E-state index >= 15 is 0 Å². The van der Waals surface area contributed by atoms with E-state index in [9.17, 15) is 4.79 Å². The van der Waals surface area contributed by atoms with Crippen molar-refractivity contribution in [3.05, 3.63) is 35.0 Å². The Bertz CT molecular complexity index is 508. The lowest BCUT2D eigenvalue weighted by atomic mass is 10.4. The summed E-state index contributed by atoms with van der Waals surface area (Å²) in [6.07, 6.45) is 1.66. The highest BCUT2D eigenvalue weighted by atomic mass is 32.1. The first-order valence-electron chi connectivity index (χ1n) is 4.30. The van der Waals surface area contributed by atoms with E-state index < -0.39 is 5.97 Å². The van der Waals surface area contributed by atoms with E-state index in [2.05, 4.69) is 9.97 Å². The quantitative estimate of drug-likeness (QED) is 0.842. The fraction of sp³-hybridized carbons (Fsp3) is 0.100. The molecule has 0 unspecified atom stereocenters. The van der Waals surface area contributed by atoms with Gasteiger partial charge in [-0.05, 0) is 25.1 Å². The lowest BCUT2D eigenvalue weighted by Crippen LogP contribution is -1.90. The molecule has 0 aromatic carbocycles. The Kier molecular flexibility index (Phi) is 2.47. The molecule has 76 valence electrons. The molecule has 2 rings (SSSR count). The lowest BCUT2D eigenvalue weighted by molar-refractivity contribution is 0.0702. The first-order chi connectivity index (χ1) is 7.16. The van der Waals surface area contributed by atoms with Crippen LogP contribution >= 0.6 is 11.3 Å². The van der Waals surface area contributed by atoms with Crippen LogP contribution < -0.4 is 0 Å². The van der Waals surface area contributed by atoms with Gasteiger partial charge in [-0.2, -0.15) is 0 Å². The number of aromatic nitrogens is 2. The molecule has 0 radical (unpaired) electrons. The predicted molar refractivity (Wildman–Crippen MR) is 57.0 cm³/mol. The SMILES string of the molecule is Cc1ccnc(-c2ccc(C(=O)O)s2)n1. The molecule has 4 nitrogen and oxygen atoms in total. The van der Waals surface area contributed by atoms with Gasteiger partial charge < -0.3 is 5.11 Å². The summed E-state index contributed by atoms with van der Waals surface area (Å²) in [5.41, 5.74) is 0.866. The normalized spacial score (nSPS) is 10.2. The average molecular weight is 220 g/mol. The van der Waals surface area contributed by atoms with Gasteiger partial charge in [0, 0.05) is 11.9 Å². The van der Waals surface area contributed by atoms with Crippen LogP contribution in [0.5, 0.6) is 0 Å². The van der Waals surface area contributed by atoms with Crippen LogP contribution in [0.4, 0.5) is 0 Å².